The zero-order valence-corrected chi connectivity index (χ0v) is 12.7. The zero-order valence-electron chi connectivity index (χ0n) is 11.9. The highest BCUT2D eigenvalue weighted by molar-refractivity contribution is 7.91. The molecule has 0 saturated carbocycles. The lowest BCUT2D eigenvalue weighted by atomic mass is 10.0. The second kappa shape index (κ2) is 6.91. The second-order valence-electron chi connectivity index (χ2n) is 5.17. The maximum atomic E-state index is 12.0. The van der Waals surface area contributed by atoms with Gasteiger partial charge in [-0.05, 0) is 24.5 Å². The van der Waals surface area contributed by atoms with Crippen molar-refractivity contribution in [2.24, 2.45) is 11.7 Å². The fourth-order valence-electron chi connectivity index (χ4n) is 1.97. The van der Waals surface area contributed by atoms with Crippen LogP contribution in [0.1, 0.15) is 27.2 Å². The van der Waals surface area contributed by atoms with Gasteiger partial charge in [-0.15, -0.1) is 0 Å². The lowest BCUT2D eigenvalue weighted by molar-refractivity contribution is 0.508. The Balaban J connectivity index is 2.80. The Morgan fingerprint density at radius 1 is 1.26 bits per heavy atom. The zero-order chi connectivity index (χ0) is 14.5. The Hall–Kier alpha value is -1.07. The molecule has 0 fully saturated rings. The molecule has 0 aliphatic rings. The molecule has 19 heavy (non-hydrogen) atoms. The summed E-state index contributed by atoms with van der Waals surface area (Å²) in [5.41, 5.74) is 6.64. The molecule has 1 rings (SSSR count). The topological polar surface area (TPSA) is 72.2 Å². The Bertz CT molecular complexity index is 498. The number of anilines is 1. The summed E-state index contributed by atoms with van der Waals surface area (Å²) >= 11 is 0. The van der Waals surface area contributed by atoms with Crippen molar-refractivity contribution in [2.45, 2.75) is 38.1 Å². The van der Waals surface area contributed by atoms with Crippen LogP contribution < -0.4 is 11.1 Å². The van der Waals surface area contributed by atoms with Crippen LogP contribution in [0.5, 0.6) is 0 Å². The highest BCUT2D eigenvalue weighted by Crippen LogP contribution is 2.22. The van der Waals surface area contributed by atoms with Gasteiger partial charge in [0, 0.05) is 12.6 Å². The average Bonchev–Trinajstić information content (AvgIpc) is 2.36. The molecule has 1 unspecified atom stereocenters. The molecule has 0 heterocycles. The molecule has 4 nitrogen and oxygen atoms in total. The number of nitrogens with two attached hydrogens (primary N) is 1. The highest BCUT2D eigenvalue weighted by Gasteiger charge is 2.16. The Morgan fingerprint density at radius 3 is 2.47 bits per heavy atom. The van der Waals surface area contributed by atoms with Gasteiger partial charge in [0.1, 0.15) is 0 Å². The molecular weight excluding hydrogens is 260 g/mol. The quantitative estimate of drug-likeness (QED) is 0.805. The van der Waals surface area contributed by atoms with Crippen molar-refractivity contribution in [1.29, 1.82) is 0 Å². The normalized spacial score (nSPS) is 13.5. The van der Waals surface area contributed by atoms with Gasteiger partial charge in [0.15, 0.2) is 9.84 Å². The SMILES string of the molecule is CCS(=O)(=O)c1ccccc1NCC(N)CC(C)C. The molecule has 108 valence electrons. The van der Waals surface area contributed by atoms with E-state index in [4.69, 9.17) is 5.73 Å². The van der Waals surface area contributed by atoms with E-state index in [0.717, 1.165) is 6.42 Å². The van der Waals surface area contributed by atoms with Crippen molar-refractivity contribution in [3.63, 3.8) is 0 Å². The first-order valence-corrected chi connectivity index (χ1v) is 8.33. The van der Waals surface area contributed by atoms with Gasteiger partial charge >= 0.3 is 0 Å². The van der Waals surface area contributed by atoms with Gasteiger partial charge in [-0.2, -0.15) is 0 Å². The summed E-state index contributed by atoms with van der Waals surface area (Å²) in [4.78, 5) is 0.356. The third kappa shape index (κ3) is 4.84. The van der Waals surface area contributed by atoms with E-state index in [-0.39, 0.29) is 11.8 Å². The second-order valence-corrected chi connectivity index (χ2v) is 7.42. The Labute approximate surface area is 116 Å². The smallest absolute Gasteiger partial charge is 0.180 e. The van der Waals surface area contributed by atoms with E-state index < -0.39 is 9.84 Å². The fourth-order valence-corrected chi connectivity index (χ4v) is 3.04. The first kappa shape index (κ1) is 16.0. The molecule has 1 atom stereocenters. The lowest BCUT2D eigenvalue weighted by Crippen LogP contribution is -2.30. The van der Waals surface area contributed by atoms with Crippen molar-refractivity contribution in [1.82, 2.24) is 0 Å². The van der Waals surface area contributed by atoms with Crippen LogP contribution in [0.25, 0.3) is 0 Å². The van der Waals surface area contributed by atoms with Crippen LogP contribution in [0.4, 0.5) is 5.69 Å². The summed E-state index contributed by atoms with van der Waals surface area (Å²) in [6.45, 7) is 6.47. The van der Waals surface area contributed by atoms with Gasteiger partial charge in [-0.25, -0.2) is 8.42 Å². The maximum absolute atomic E-state index is 12.0. The minimum Gasteiger partial charge on any atom is -0.382 e. The Kier molecular flexibility index (Phi) is 5.82. The lowest BCUT2D eigenvalue weighted by Gasteiger charge is -2.17. The summed E-state index contributed by atoms with van der Waals surface area (Å²) in [6.07, 6.45) is 0.912. The van der Waals surface area contributed by atoms with E-state index in [0.29, 0.717) is 23.0 Å². The summed E-state index contributed by atoms with van der Waals surface area (Å²) in [5, 5.41) is 3.15. The Morgan fingerprint density at radius 2 is 1.89 bits per heavy atom. The molecule has 0 bridgehead atoms. The van der Waals surface area contributed by atoms with Crippen molar-refractivity contribution in [3.8, 4) is 0 Å². The van der Waals surface area contributed by atoms with Crippen LogP contribution in [-0.4, -0.2) is 26.8 Å². The van der Waals surface area contributed by atoms with E-state index in [2.05, 4.69) is 19.2 Å². The third-order valence-corrected chi connectivity index (χ3v) is 4.72. The molecule has 0 aliphatic carbocycles. The molecule has 0 amide bonds. The van der Waals surface area contributed by atoms with Crippen LogP contribution in [0.15, 0.2) is 29.2 Å². The standard InChI is InChI=1S/C14H24N2O2S/c1-4-19(17,18)14-8-6-5-7-13(14)16-10-12(15)9-11(2)3/h5-8,11-12,16H,4,9-10,15H2,1-3H3. The summed E-state index contributed by atoms with van der Waals surface area (Å²) in [6, 6.07) is 7.00. The molecule has 5 heteroatoms. The molecule has 0 aliphatic heterocycles. The molecule has 0 radical (unpaired) electrons. The minimum atomic E-state index is -3.20. The summed E-state index contributed by atoms with van der Waals surface area (Å²) < 4.78 is 23.9. The van der Waals surface area contributed by atoms with E-state index >= 15 is 0 Å². The first-order chi connectivity index (χ1) is 8.86. The van der Waals surface area contributed by atoms with E-state index in [1.54, 1.807) is 25.1 Å². The monoisotopic (exact) mass is 284 g/mol. The van der Waals surface area contributed by atoms with Crippen LogP contribution in [-0.2, 0) is 9.84 Å². The van der Waals surface area contributed by atoms with E-state index in [1.165, 1.54) is 0 Å². The average molecular weight is 284 g/mol. The molecule has 1 aromatic carbocycles. The van der Waals surface area contributed by atoms with E-state index in [9.17, 15) is 8.42 Å². The van der Waals surface area contributed by atoms with Gasteiger partial charge in [0.2, 0.25) is 0 Å². The molecular formula is C14H24N2O2S. The van der Waals surface area contributed by atoms with Crippen molar-refractivity contribution < 1.29 is 8.42 Å². The molecule has 3 N–H and O–H groups in total. The van der Waals surface area contributed by atoms with Crippen molar-refractivity contribution >= 4 is 15.5 Å². The fraction of sp³-hybridized carbons (Fsp3) is 0.571. The number of hydrogen-bond acceptors (Lipinski definition) is 4. The first-order valence-electron chi connectivity index (χ1n) is 6.68. The van der Waals surface area contributed by atoms with Crippen molar-refractivity contribution in [3.05, 3.63) is 24.3 Å². The van der Waals surface area contributed by atoms with E-state index in [1.807, 2.05) is 6.07 Å². The van der Waals surface area contributed by atoms with Crippen molar-refractivity contribution in [2.75, 3.05) is 17.6 Å². The molecule has 0 spiro atoms. The number of nitrogens with one attached hydrogen (secondary N) is 1. The number of sulfone groups is 1. The van der Waals surface area contributed by atoms with Gasteiger partial charge < -0.3 is 11.1 Å². The summed E-state index contributed by atoms with van der Waals surface area (Å²) in [7, 11) is -3.20. The van der Waals surface area contributed by atoms with Crippen LogP contribution >= 0.6 is 0 Å². The molecule has 0 aromatic heterocycles. The maximum Gasteiger partial charge on any atom is 0.180 e. The van der Waals surface area contributed by atoms with Gasteiger partial charge in [-0.3, -0.25) is 0 Å². The summed E-state index contributed by atoms with van der Waals surface area (Å²) in [5.74, 6) is 0.635. The molecule has 0 saturated heterocycles. The van der Waals surface area contributed by atoms with Gasteiger partial charge in [-0.1, -0.05) is 32.9 Å². The highest BCUT2D eigenvalue weighted by atomic mass is 32.2. The largest absolute Gasteiger partial charge is 0.382 e. The number of para-hydroxylation sites is 1. The van der Waals surface area contributed by atoms with Gasteiger partial charge in [0.05, 0.1) is 16.3 Å². The minimum absolute atomic E-state index is 0.0254. The van der Waals surface area contributed by atoms with Gasteiger partial charge in [0.25, 0.3) is 0 Å². The molecule has 1 aromatic rings. The number of hydrogen-bond donors (Lipinski definition) is 2. The van der Waals surface area contributed by atoms with Crippen LogP contribution in [0.2, 0.25) is 0 Å². The third-order valence-electron chi connectivity index (χ3n) is 2.93. The predicted molar refractivity (Wildman–Crippen MR) is 80.1 cm³/mol. The van der Waals surface area contributed by atoms with Crippen LogP contribution in [0, 0.1) is 5.92 Å². The van der Waals surface area contributed by atoms with Crippen LogP contribution in [0.3, 0.4) is 0 Å². The predicted octanol–water partition coefficient (Wildman–Crippen LogP) is 2.27. The number of benzene rings is 1. The number of rotatable bonds is 7.